The number of carbonyl (C=O) groups is 2. The molecule has 1 saturated heterocycles. The standard InChI is InChI=1S/C29H40N8O2/c1-22-18-23(2)37(33-22)15-7-13-35-16-10-29(11-17-35)20-25-21-36(34-32-25)14-6-12-30-27(38)26(31-28(29)39)19-24-8-4-3-5-9-24/h3-5,8-9,18,21,26H,6-7,10-17,19-20H2,1-2H3,(H,30,38)(H,31,39)/t26-/m0/s1. The minimum absolute atomic E-state index is 0.0605. The van der Waals surface area contributed by atoms with Gasteiger partial charge >= 0.3 is 0 Å². The van der Waals surface area contributed by atoms with E-state index in [0.717, 1.165) is 56.0 Å². The zero-order valence-corrected chi connectivity index (χ0v) is 23.1. The van der Waals surface area contributed by atoms with Crippen LogP contribution in [0.3, 0.4) is 0 Å². The van der Waals surface area contributed by atoms with Gasteiger partial charge < -0.3 is 15.5 Å². The lowest BCUT2D eigenvalue weighted by molar-refractivity contribution is -0.137. The molecule has 0 aliphatic carbocycles. The molecule has 1 atom stereocenters. The molecule has 1 spiro atoms. The SMILES string of the molecule is Cc1cc(C)n(CCCN2CCC3(CC2)Cc2cn(nn2)CCCNC(=O)[C@H](Cc2ccccc2)NC3=O)n1. The molecule has 0 radical (unpaired) electrons. The monoisotopic (exact) mass is 532 g/mol. The van der Waals surface area contributed by atoms with Crippen LogP contribution in [-0.2, 0) is 35.5 Å². The Hall–Kier alpha value is -3.53. The van der Waals surface area contributed by atoms with Crippen LogP contribution in [0.25, 0.3) is 0 Å². The summed E-state index contributed by atoms with van der Waals surface area (Å²) < 4.78 is 3.89. The van der Waals surface area contributed by atoms with Gasteiger partial charge in [0.2, 0.25) is 11.8 Å². The van der Waals surface area contributed by atoms with E-state index in [1.165, 1.54) is 5.69 Å². The van der Waals surface area contributed by atoms with Crippen LogP contribution in [-0.4, -0.2) is 73.7 Å². The molecular weight excluding hydrogens is 492 g/mol. The topological polar surface area (TPSA) is 110 Å². The Morgan fingerprint density at radius 1 is 1.05 bits per heavy atom. The summed E-state index contributed by atoms with van der Waals surface area (Å²) in [6.45, 7) is 8.82. The first-order valence-electron chi connectivity index (χ1n) is 14.2. The van der Waals surface area contributed by atoms with Crippen LogP contribution in [0.4, 0.5) is 0 Å². The molecular formula is C29H40N8O2. The van der Waals surface area contributed by atoms with E-state index in [9.17, 15) is 9.59 Å². The van der Waals surface area contributed by atoms with Gasteiger partial charge in [-0.05, 0) is 70.8 Å². The number of rotatable bonds is 6. The average Bonchev–Trinajstić information content (AvgIpc) is 3.51. The van der Waals surface area contributed by atoms with Crippen molar-refractivity contribution in [1.29, 1.82) is 0 Å². The van der Waals surface area contributed by atoms with Gasteiger partial charge in [0.25, 0.3) is 0 Å². The van der Waals surface area contributed by atoms with Crippen molar-refractivity contribution in [2.75, 3.05) is 26.2 Å². The molecule has 2 aliphatic heterocycles. The van der Waals surface area contributed by atoms with Crippen molar-refractivity contribution in [1.82, 2.24) is 40.3 Å². The normalized spacial score (nSPS) is 20.5. The van der Waals surface area contributed by atoms with Crippen molar-refractivity contribution >= 4 is 11.8 Å². The van der Waals surface area contributed by atoms with Gasteiger partial charge in [-0.15, -0.1) is 5.10 Å². The molecule has 4 heterocycles. The molecule has 3 aromatic rings. The number of benzene rings is 1. The number of aryl methyl sites for hydroxylation is 4. The average molecular weight is 533 g/mol. The Kier molecular flexibility index (Phi) is 8.40. The molecule has 0 unspecified atom stereocenters. The molecule has 2 N–H and O–H groups in total. The van der Waals surface area contributed by atoms with Crippen LogP contribution in [0.15, 0.2) is 42.6 Å². The second-order valence-corrected chi connectivity index (χ2v) is 11.1. The second kappa shape index (κ2) is 12.1. The summed E-state index contributed by atoms with van der Waals surface area (Å²) in [5, 5.41) is 19.4. The predicted octanol–water partition coefficient (Wildman–Crippen LogP) is 2.05. The highest BCUT2D eigenvalue weighted by Gasteiger charge is 2.43. The van der Waals surface area contributed by atoms with E-state index in [1.807, 2.05) is 48.1 Å². The third-order valence-electron chi connectivity index (χ3n) is 8.12. The van der Waals surface area contributed by atoms with E-state index in [0.29, 0.717) is 38.8 Å². The van der Waals surface area contributed by atoms with E-state index in [-0.39, 0.29) is 11.8 Å². The number of piperidine rings is 1. The van der Waals surface area contributed by atoms with Crippen LogP contribution < -0.4 is 10.6 Å². The Labute approximate surface area is 230 Å². The Morgan fingerprint density at radius 3 is 2.59 bits per heavy atom. The van der Waals surface area contributed by atoms with Gasteiger partial charge in [-0.2, -0.15) is 5.10 Å². The minimum Gasteiger partial charge on any atom is -0.354 e. The first-order chi connectivity index (χ1) is 18.9. The maximum Gasteiger partial charge on any atom is 0.242 e. The summed E-state index contributed by atoms with van der Waals surface area (Å²) in [6.07, 6.45) is 6.13. The summed E-state index contributed by atoms with van der Waals surface area (Å²) in [4.78, 5) is 29.7. The summed E-state index contributed by atoms with van der Waals surface area (Å²) in [5.41, 5.74) is 3.47. The summed E-state index contributed by atoms with van der Waals surface area (Å²) in [5.74, 6) is -0.198. The van der Waals surface area contributed by atoms with Crippen molar-refractivity contribution in [3.8, 4) is 0 Å². The number of aromatic nitrogens is 5. The molecule has 10 heteroatoms. The fourth-order valence-electron chi connectivity index (χ4n) is 5.86. The quantitative estimate of drug-likeness (QED) is 0.503. The largest absolute Gasteiger partial charge is 0.354 e. The number of nitrogens with one attached hydrogen (secondary N) is 2. The lowest BCUT2D eigenvalue weighted by Crippen LogP contribution is -2.56. The van der Waals surface area contributed by atoms with Crippen LogP contribution in [0, 0.1) is 19.3 Å². The Balaban J connectivity index is 1.29. The third-order valence-corrected chi connectivity index (χ3v) is 8.12. The van der Waals surface area contributed by atoms with Crippen LogP contribution in [0.5, 0.6) is 0 Å². The highest BCUT2D eigenvalue weighted by Crippen LogP contribution is 2.35. The first-order valence-corrected chi connectivity index (χ1v) is 14.2. The van der Waals surface area contributed by atoms with Crippen molar-refractivity contribution in [3.05, 3.63) is 65.2 Å². The van der Waals surface area contributed by atoms with Gasteiger partial charge in [0.15, 0.2) is 0 Å². The fraction of sp³-hybridized carbons (Fsp3) is 0.552. The number of carbonyl (C=O) groups excluding carboxylic acids is 2. The molecule has 1 fully saturated rings. The zero-order chi connectivity index (χ0) is 27.2. The Bertz CT molecular complexity index is 1260. The van der Waals surface area contributed by atoms with E-state index >= 15 is 0 Å². The molecule has 2 amide bonds. The number of fused-ring (bicyclic) bond motifs is 2. The first kappa shape index (κ1) is 27.1. The van der Waals surface area contributed by atoms with Gasteiger partial charge in [-0.1, -0.05) is 35.5 Å². The van der Waals surface area contributed by atoms with Gasteiger partial charge in [-0.3, -0.25) is 19.0 Å². The molecule has 1 aromatic carbocycles. The predicted molar refractivity (Wildman–Crippen MR) is 148 cm³/mol. The smallest absolute Gasteiger partial charge is 0.242 e. The number of hydrogen-bond donors (Lipinski definition) is 2. The Morgan fingerprint density at radius 2 is 1.85 bits per heavy atom. The van der Waals surface area contributed by atoms with Crippen molar-refractivity contribution in [2.24, 2.45) is 5.41 Å². The molecule has 2 aliphatic rings. The number of likely N-dealkylation sites (tertiary alicyclic amines) is 1. The summed E-state index contributed by atoms with van der Waals surface area (Å²) >= 11 is 0. The van der Waals surface area contributed by atoms with E-state index in [1.54, 1.807) is 0 Å². The van der Waals surface area contributed by atoms with Crippen LogP contribution in [0.1, 0.15) is 48.3 Å². The van der Waals surface area contributed by atoms with Crippen LogP contribution >= 0.6 is 0 Å². The zero-order valence-electron chi connectivity index (χ0n) is 23.1. The fourth-order valence-corrected chi connectivity index (χ4v) is 5.86. The van der Waals surface area contributed by atoms with E-state index in [4.69, 9.17) is 0 Å². The third kappa shape index (κ3) is 6.73. The lowest BCUT2D eigenvalue weighted by Gasteiger charge is -2.41. The van der Waals surface area contributed by atoms with Crippen molar-refractivity contribution in [2.45, 2.75) is 71.5 Å². The summed E-state index contributed by atoms with van der Waals surface area (Å²) in [6, 6.07) is 11.4. The molecule has 10 nitrogen and oxygen atoms in total. The van der Waals surface area contributed by atoms with Gasteiger partial charge in [-0.25, -0.2) is 0 Å². The molecule has 208 valence electrons. The number of hydrogen-bond acceptors (Lipinski definition) is 6. The highest BCUT2D eigenvalue weighted by atomic mass is 16.2. The molecule has 39 heavy (non-hydrogen) atoms. The van der Waals surface area contributed by atoms with E-state index < -0.39 is 11.5 Å². The van der Waals surface area contributed by atoms with Crippen LogP contribution in [0.2, 0.25) is 0 Å². The molecule has 0 saturated carbocycles. The minimum atomic E-state index is -0.629. The second-order valence-electron chi connectivity index (χ2n) is 11.1. The van der Waals surface area contributed by atoms with E-state index in [2.05, 4.69) is 48.6 Å². The maximum atomic E-state index is 14.0. The van der Waals surface area contributed by atoms with Gasteiger partial charge in [0.05, 0.1) is 16.8 Å². The summed E-state index contributed by atoms with van der Waals surface area (Å²) in [7, 11) is 0. The number of nitrogens with zero attached hydrogens (tertiary/aromatic N) is 6. The van der Waals surface area contributed by atoms with Crippen molar-refractivity contribution < 1.29 is 9.59 Å². The van der Waals surface area contributed by atoms with Crippen molar-refractivity contribution in [3.63, 3.8) is 0 Å². The highest BCUT2D eigenvalue weighted by molar-refractivity contribution is 5.90. The maximum absolute atomic E-state index is 14.0. The van der Waals surface area contributed by atoms with Gasteiger partial charge in [0.1, 0.15) is 6.04 Å². The molecule has 5 rings (SSSR count). The lowest BCUT2D eigenvalue weighted by atomic mass is 9.73. The number of amides is 2. The molecule has 2 bridgehead atoms. The van der Waals surface area contributed by atoms with Gasteiger partial charge in [0, 0.05) is 44.4 Å². The molecule has 2 aromatic heterocycles.